The van der Waals surface area contributed by atoms with Gasteiger partial charge in [-0.2, -0.15) is 0 Å². The molecule has 2 N–H and O–H groups in total. The summed E-state index contributed by atoms with van der Waals surface area (Å²) in [5.41, 5.74) is 8.83. The van der Waals surface area contributed by atoms with Crippen molar-refractivity contribution >= 4 is 0 Å². The lowest BCUT2D eigenvalue weighted by Crippen LogP contribution is -2.00. The van der Waals surface area contributed by atoms with Crippen LogP contribution < -0.4 is 19.9 Å². The number of ether oxygens (including phenoxy) is 3. The van der Waals surface area contributed by atoms with E-state index in [1.54, 1.807) is 21.3 Å². The number of methoxy groups -OCH3 is 3. The Labute approximate surface area is 119 Å². The van der Waals surface area contributed by atoms with E-state index in [9.17, 15) is 0 Å². The molecule has 0 spiro atoms. The summed E-state index contributed by atoms with van der Waals surface area (Å²) in [6.07, 6.45) is 0. The van der Waals surface area contributed by atoms with E-state index in [1.165, 1.54) is 0 Å². The Hall–Kier alpha value is -2.20. The molecule has 20 heavy (non-hydrogen) atoms. The highest BCUT2D eigenvalue weighted by atomic mass is 16.5. The van der Waals surface area contributed by atoms with Gasteiger partial charge >= 0.3 is 0 Å². The molecular formula is C16H19NO3. The van der Waals surface area contributed by atoms with E-state index in [0.717, 1.165) is 22.4 Å². The van der Waals surface area contributed by atoms with Gasteiger partial charge in [0.15, 0.2) is 11.5 Å². The first-order valence-electron chi connectivity index (χ1n) is 6.32. The average molecular weight is 273 g/mol. The molecule has 0 atom stereocenters. The van der Waals surface area contributed by atoms with Gasteiger partial charge in [0.25, 0.3) is 0 Å². The first-order chi connectivity index (χ1) is 9.73. The van der Waals surface area contributed by atoms with E-state index in [0.29, 0.717) is 18.0 Å². The maximum Gasteiger partial charge on any atom is 0.161 e. The highest BCUT2D eigenvalue weighted by molar-refractivity contribution is 5.69. The van der Waals surface area contributed by atoms with Crippen molar-refractivity contribution in [2.24, 2.45) is 5.73 Å². The monoisotopic (exact) mass is 273 g/mol. The molecule has 0 aromatic heterocycles. The predicted octanol–water partition coefficient (Wildman–Crippen LogP) is 2.84. The van der Waals surface area contributed by atoms with E-state index in [4.69, 9.17) is 19.9 Å². The first-order valence-corrected chi connectivity index (χ1v) is 6.32. The van der Waals surface area contributed by atoms with Crippen LogP contribution >= 0.6 is 0 Å². The Balaban J connectivity index is 2.46. The molecule has 0 amide bonds. The van der Waals surface area contributed by atoms with E-state index in [-0.39, 0.29) is 0 Å². The molecule has 2 aromatic rings. The summed E-state index contributed by atoms with van der Waals surface area (Å²) in [5, 5.41) is 0. The van der Waals surface area contributed by atoms with E-state index < -0.39 is 0 Å². The number of benzene rings is 2. The van der Waals surface area contributed by atoms with Crippen LogP contribution in [-0.2, 0) is 6.54 Å². The Bertz CT molecular complexity index is 543. The lowest BCUT2D eigenvalue weighted by Gasteiger charge is -2.12. The van der Waals surface area contributed by atoms with Crippen LogP contribution in [0.25, 0.3) is 11.1 Å². The fraction of sp³-hybridized carbons (Fsp3) is 0.250. The fourth-order valence-corrected chi connectivity index (χ4v) is 2.13. The lowest BCUT2D eigenvalue weighted by molar-refractivity contribution is 0.355. The van der Waals surface area contributed by atoms with Gasteiger partial charge in [0.1, 0.15) is 5.75 Å². The number of nitrogens with two attached hydrogens (primary N) is 1. The minimum absolute atomic E-state index is 0.435. The third-order valence-electron chi connectivity index (χ3n) is 3.22. The molecule has 2 aromatic carbocycles. The molecule has 0 radical (unpaired) electrons. The van der Waals surface area contributed by atoms with Crippen LogP contribution in [0.1, 0.15) is 5.56 Å². The van der Waals surface area contributed by atoms with Crippen LogP contribution in [0, 0.1) is 0 Å². The van der Waals surface area contributed by atoms with Gasteiger partial charge in [0, 0.05) is 12.1 Å². The highest BCUT2D eigenvalue weighted by Gasteiger charge is 2.08. The van der Waals surface area contributed by atoms with E-state index in [2.05, 4.69) is 0 Å². The summed E-state index contributed by atoms with van der Waals surface area (Å²) >= 11 is 0. The van der Waals surface area contributed by atoms with Gasteiger partial charge in [0.2, 0.25) is 0 Å². The molecule has 4 heteroatoms. The number of rotatable bonds is 5. The largest absolute Gasteiger partial charge is 0.496 e. The molecule has 106 valence electrons. The van der Waals surface area contributed by atoms with Crippen molar-refractivity contribution in [2.75, 3.05) is 21.3 Å². The van der Waals surface area contributed by atoms with Crippen LogP contribution in [0.3, 0.4) is 0 Å². The fourth-order valence-electron chi connectivity index (χ4n) is 2.13. The maximum absolute atomic E-state index is 5.75. The molecule has 0 fully saturated rings. The molecule has 0 heterocycles. The Morgan fingerprint density at radius 2 is 1.30 bits per heavy atom. The Kier molecular flexibility index (Phi) is 4.48. The van der Waals surface area contributed by atoms with E-state index >= 15 is 0 Å². The summed E-state index contributed by atoms with van der Waals surface area (Å²) in [4.78, 5) is 0. The van der Waals surface area contributed by atoms with Crippen molar-refractivity contribution in [3.63, 3.8) is 0 Å². The van der Waals surface area contributed by atoms with Gasteiger partial charge < -0.3 is 19.9 Å². The zero-order valence-corrected chi connectivity index (χ0v) is 12.0. The Morgan fingerprint density at radius 3 is 1.85 bits per heavy atom. The van der Waals surface area contributed by atoms with Crippen LogP contribution in [0.5, 0.6) is 17.2 Å². The summed E-state index contributed by atoms with van der Waals surface area (Å²) in [6.45, 7) is 0.435. The van der Waals surface area contributed by atoms with E-state index in [1.807, 2.05) is 36.4 Å². The van der Waals surface area contributed by atoms with Crippen molar-refractivity contribution in [1.82, 2.24) is 0 Å². The zero-order valence-electron chi connectivity index (χ0n) is 12.0. The first kappa shape index (κ1) is 14.2. The second-order valence-corrected chi connectivity index (χ2v) is 4.30. The van der Waals surface area contributed by atoms with Gasteiger partial charge in [0.05, 0.1) is 21.3 Å². The smallest absolute Gasteiger partial charge is 0.161 e. The Morgan fingerprint density at radius 1 is 0.750 bits per heavy atom. The average Bonchev–Trinajstić information content (AvgIpc) is 2.53. The predicted molar refractivity (Wildman–Crippen MR) is 79.4 cm³/mol. The SMILES string of the molecule is COc1ccc(-c2ccc(OC)c(OC)c2)cc1CN. The normalized spacial score (nSPS) is 10.2. The summed E-state index contributed by atoms with van der Waals surface area (Å²) in [7, 11) is 4.89. The summed E-state index contributed by atoms with van der Waals surface area (Å²) in [5.74, 6) is 2.22. The summed E-state index contributed by atoms with van der Waals surface area (Å²) < 4.78 is 15.9. The third-order valence-corrected chi connectivity index (χ3v) is 3.22. The highest BCUT2D eigenvalue weighted by Crippen LogP contribution is 2.33. The second-order valence-electron chi connectivity index (χ2n) is 4.30. The van der Waals surface area contributed by atoms with Gasteiger partial charge in [-0.25, -0.2) is 0 Å². The second kappa shape index (κ2) is 6.30. The third kappa shape index (κ3) is 2.70. The molecular weight excluding hydrogens is 254 g/mol. The van der Waals surface area contributed by atoms with Gasteiger partial charge in [-0.3, -0.25) is 0 Å². The molecule has 0 aliphatic rings. The van der Waals surface area contributed by atoms with Crippen LogP contribution in [0.2, 0.25) is 0 Å². The number of hydrogen-bond acceptors (Lipinski definition) is 4. The molecule has 0 aliphatic carbocycles. The number of hydrogen-bond donors (Lipinski definition) is 1. The topological polar surface area (TPSA) is 53.7 Å². The minimum Gasteiger partial charge on any atom is -0.496 e. The van der Waals surface area contributed by atoms with Crippen LogP contribution in [0.15, 0.2) is 36.4 Å². The van der Waals surface area contributed by atoms with Crippen molar-refractivity contribution in [2.45, 2.75) is 6.54 Å². The molecule has 0 bridgehead atoms. The maximum atomic E-state index is 5.75. The quantitative estimate of drug-likeness (QED) is 0.910. The van der Waals surface area contributed by atoms with Crippen molar-refractivity contribution < 1.29 is 14.2 Å². The molecule has 0 aliphatic heterocycles. The van der Waals surface area contributed by atoms with Crippen molar-refractivity contribution in [3.8, 4) is 28.4 Å². The molecule has 4 nitrogen and oxygen atoms in total. The van der Waals surface area contributed by atoms with Crippen LogP contribution in [-0.4, -0.2) is 21.3 Å². The van der Waals surface area contributed by atoms with Crippen molar-refractivity contribution in [3.05, 3.63) is 42.0 Å². The zero-order chi connectivity index (χ0) is 14.5. The standard InChI is InChI=1S/C16H19NO3/c1-18-14-6-4-11(8-13(14)10-17)12-5-7-15(19-2)16(9-12)20-3/h4-9H,10,17H2,1-3H3. The van der Waals surface area contributed by atoms with Crippen LogP contribution in [0.4, 0.5) is 0 Å². The molecule has 0 saturated heterocycles. The van der Waals surface area contributed by atoms with Crippen molar-refractivity contribution in [1.29, 1.82) is 0 Å². The molecule has 0 saturated carbocycles. The molecule has 0 unspecified atom stereocenters. The summed E-state index contributed by atoms with van der Waals surface area (Å²) in [6, 6.07) is 11.8. The van der Waals surface area contributed by atoms with Gasteiger partial charge in [-0.05, 0) is 35.4 Å². The van der Waals surface area contributed by atoms with Gasteiger partial charge in [-0.1, -0.05) is 12.1 Å². The van der Waals surface area contributed by atoms with Gasteiger partial charge in [-0.15, -0.1) is 0 Å². The molecule has 2 rings (SSSR count). The minimum atomic E-state index is 0.435. The lowest BCUT2D eigenvalue weighted by atomic mass is 10.0.